The molecule has 0 aromatic heterocycles. The van der Waals surface area contributed by atoms with Crippen LogP contribution in [0.3, 0.4) is 0 Å². The highest BCUT2D eigenvalue weighted by atomic mass is 32.2. The number of benzene rings is 6. The summed E-state index contributed by atoms with van der Waals surface area (Å²) < 4.78 is 26.4. The molecule has 0 aliphatic heterocycles. The zero-order valence-electron chi connectivity index (χ0n) is 22.5. The summed E-state index contributed by atoms with van der Waals surface area (Å²) in [7, 11) is -3.57. The van der Waals surface area contributed by atoms with Gasteiger partial charge in [0.25, 0.3) is 0 Å². The van der Waals surface area contributed by atoms with Crippen molar-refractivity contribution >= 4 is 37.7 Å². The Kier molecular flexibility index (Phi) is 6.71. The number of nitrogens with zero attached hydrogens (tertiary/aromatic N) is 1. The molecule has 4 heteroatoms. The van der Waals surface area contributed by atoms with E-state index in [1.54, 1.807) is 36.4 Å². The number of hydrogen-bond donors (Lipinski definition) is 0. The Bertz CT molecular complexity index is 1930. The van der Waals surface area contributed by atoms with Gasteiger partial charge in [-0.2, -0.15) is 0 Å². The summed E-state index contributed by atoms with van der Waals surface area (Å²) in [5.41, 5.74) is 7.39. The molecule has 0 aliphatic rings. The maximum absolute atomic E-state index is 13.2. The average Bonchev–Trinajstić information content (AvgIpc) is 2.99. The van der Waals surface area contributed by atoms with Crippen molar-refractivity contribution in [2.75, 3.05) is 4.90 Å². The summed E-state index contributed by atoms with van der Waals surface area (Å²) in [5, 5.41) is 2.37. The second-order valence-electron chi connectivity index (χ2n) is 9.96. The molecule has 0 aliphatic carbocycles. The predicted octanol–water partition coefficient (Wildman–Crippen LogP) is 9.43. The van der Waals surface area contributed by atoms with Gasteiger partial charge in [-0.15, -0.1) is 0 Å². The summed E-state index contributed by atoms with van der Waals surface area (Å²) in [6.45, 7) is 4.08. The highest BCUT2D eigenvalue weighted by Crippen LogP contribution is 2.40. The first-order chi connectivity index (χ1) is 19.4. The van der Waals surface area contributed by atoms with Crippen molar-refractivity contribution in [2.45, 2.75) is 23.6 Å². The minimum atomic E-state index is -3.57. The lowest BCUT2D eigenvalue weighted by molar-refractivity contribution is 0.596. The smallest absolute Gasteiger partial charge is 0.206 e. The van der Waals surface area contributed by atoms with Crippen LogP contribution in [-0.2, 0) is 9.84 Å². The number of sulfone groups is 1. The zero-order valence-corrected chi connectivity index (χ0v) is 23.3. The highest BCUT2D eigenvalue weighted by Gasteiger charge is 2.20. The van der Waals surface area contributed by atoms with Gasteiger partial charge in [-0.25, -0.2) is 8.42 Å². The molecule has 0 saturated carbocycles. The maximum atomic E-state index is 13.2. The van der Waals surface area contributed by atoms with Crippen molar-refractivity contribution in [2.24, 2.45) is 0 Å². The molecule has 0 heterocycles. The molecule has 196 valence electrons. The van der Waals surface area contributed by atoms with Crippen LogP contribution in [0.4, 0.5) is 17.1 Å². The van der Waals surface area contributed by atoms with Crippen LogP contribution in [0.15, 0.2) is 149 Å². The summed E-state index contributed by atoms with van der Waals surface area (Å²) in [5.74, 6) is 0. The molecule has 3 nitrogen and oxygen atoms in total. The van der Waals surface area contributed by atoms with E-state index in [0.29, 0.717) is 9.79 Å². The van der Waals surface area contributed by atoms with Crippen molar-refractivity contribution in [3.05, 3.63) is 151 Å². The van der Waals surface area contributed by atoms with Gasteiger partial charge in [0.1, 0.15) is 0 Å². The molecule has 0 spiro atoms. The SMILES string of the molecule is Cc1cc(N(c2ccccc2)c2cccc3ccccc23)ccc1-c1ccc(S(=O)(=O)c2ccccc2)cc1C. The topological polar surface area (TPSA) is 37.4 Å². The van der Waals surface area contributed by atoms with Crippen molar-refractivity contribution in [3.8, 4) is 11.1 Å². The number of rotatable bonds is 6. The summed E-state index contributed by atoms with van der Waals surface area (Å²) >= 11 is 0. The minimum absolute atomic E-state index is 0.303. The standard InChI is InChI=1S/C36H29NO2S/c1-26-24-30(37(29-14-5-3-6-15-29)36-19-11-13-28-12-9-10-18-35(28)36)20-22-33(26)34-23-21-32(25-27(34)2)40(38,39)31-16-7-4-8-17-31/h3-25H,1-2H3. The molecular formula is C36H29NO2S. The normalized spacial score (nSPS) is 11.4. The Morgan fingerprint density at radius 1 is 0.500 bits per heavy atom. The number of aryl methyl sites for hydroxylation is 2. The molecule has 0 bridgehead atoms. The molecule has 6 rings (SSSR count). The zero-order chi connectivity index (χ0) is 27.7. The Hall–Kier alpha value is -4.67. The van der Waals surface area contributed by atoms with Crippen LogP contribution in [-0.4, -0.2) is 8.42 Å². The van der Waals surface area contributed by atoms with E-state index in [9.17, 15) is 8.42 Å². The first-order valence-corrected chi connectivity index (χ1v) is 14.8. The monoisotopic (exact) mass is 539 g/mol. The first kappa shape index (κ1) is 25.6. The van der Waals surface area contributed by atoms with Gasteiger partial charge in [0.2, 0.25) is 9.84 Å². The lowest BCUT2D eigenvalue weighted by Gasteiger charge is -2.27. The molecule has 0 atom stereocenters. The van der Waals surface area contributed by atoms with Crippen LogP contribution in [0.1, 0.15) is 11.1 Å². The fourth-order valence-corrected chi connectivity index (χ4v) is 6.70. The van der Waals surface area contributed by atoms with Gasteiger partial charge in [0.15, 0.2) is 0 Å². The summed E-state index contributed by atoms with van der Waals surface area (Å²) in [6, 6.07) is 45.7. The minimum Gasteiger partial charge on any atom is -0.310 e. The molecule has 0 unspecified atom stereocenters. The number of fused-ring (bicyclic) bond motifs is 1. The Labute approximate surface area is 235 Å². The fourth-order valence-electron chi connectivity index (χ4n) is 5.34. The second kappa shape index (κ2) is 10.5. The fraction of sp³-hybridized carbons (Fsp3) is 0.0556. The molecule has 0 radical (unpaired) electrons. The number of hydrogen-bond acceptors (Lipinski definition) is 3. The van der Waals surface area contributed by atoms with Crippen LogP contribution in [0, 0.1) is 13.8 Å². The van der Waals surface area contributed by atoms with Crippen molar-refractivity contribution in [1.29, 1.82) is 0 Å². The van der Waals surface area contributed by atoms with Crippen LogP contribution < -0.4 is 4.90 Å². The van der Waals surface area contributed by atoms with Crippen LogP contribution in [0.5, 0.6) is 0 Å². The van der Waals surface area contributed by atoms with Crippen LogP contribution in [0.25, 0.3) is 21.9 Å². The summed E-state index contributed by atoms with van der Waals surface area (Å²) in [6.07, 6.45) is 0. The lowest BCUT2D eigenvalue weighted by Crippen LogP contribution is -2.10. The van der Waals surface area contributed by atoms with Gasteiger partial charge in [-0.05, 0) is 96.1 Å². The van der Waals surface area contributed by atoms with E-state index in [1.165, 1.54) is 10.8 Å². The lowest BCUT2D eigenvalue weighted by atomic mass is 9.96. The van der Waals surface area contributed by atoms with E-state index in [4.69, 9.17) is 0 Å². The Morgan fingerprint density at radius 2 is 1.10 bits per heavy atom. The molecule has 6 aromatic carbocycles. The number of anilines is 3. The quantitative estimate of drug-likeness (QED) is 0.212. The predicted molar refractivity (Wildman–Crippen MR) is 165 cm³/mol. The van der Waals surface area contributed by atoms with Gasteiger partial charge in [0, 0.05) is 16.8 Å². The third kappa shape index (κ3) is 4.67. The van der Waals surface area contributed by atoms with Crippen LogP contribution >= 0.6 is 0 Å². The van der Waals surface area contributed by atoms with E-state index in [0.717, 1.165) is 39.3 Å². The first-order valence-electron chi connectivity index (χ1n) is 13.3. The van der Waals surface area contributed by atoms with Gasteiger partial charge < -0.3 is 4.90 Å². The highest BCUT2D eigenvalue weighted by molar-refractivity contribution is 7.91. The molecule has 0 amide bonds. The van der Waals surface area contributed by atoms with Crippen molar-refractivity contribution in [1.82, 2.24) is 0 Å². The van der Waals surface area contributed by atoms with Gasteiger partial charge >= 0.3 is 0 Å². The Balaban J connectivity index is 1.43. The van der Waals surface area contributed by atoms with Gasteiger partial charge in [-0.3, -0.25) is 0 Å². The largest absolute Gasteiger partial charge is 0.310 e. The van der Waals surface area contributed by atoms with E-state index >= 15 is 0 Å². The van der Waals surface area contributed by atoms with Gasteiger partial charge in [-0.1, -0.05) is 84.9 Å². The van der Waals surface area contributed by atoms with E-state index in [1.807, 2.05) is 25.1 Å². The third-order valence-electron chi connectivity index (χ3n) is 7.34. The Morgan fingerprint density at radius 3 is 1.80 bits per heavy atom. The molecule has 0 N–H and O–H groups in total. The van der Waals surface area contributed by atoms with Crippen LogP contribution in [0.2, 0.25) is 0 Å². The summed E-state index contributed by atoms with van der Waals surface area (Å²) in [4.78, 5) is 2.90. The maximum Gasteiger partial charge on any atom is 0.206 e. The van der Waals surface area contributed by atoms with Crippen molar-refractivity contribution in [3.63, 3.8) is 0 Å². The molecule has 0 fully saturated rings. The number of para-hydroxylation sites is 1. The molecular weight excluding hydrogens is 510 g/mol. The van der Waals surface area contributed by atoms with E-state index in [-0.39, 0.29) is 0 Å². The van der Waals surface area contributed by atoms with Gasteiger partial charge in [0.05, 0.1) is 15.5 Å². The third-order valence-corrected chi connectivity index (χ3v) is 9.11. The molecule has 6 aromatic rings. The van der Waals surface area contributed by atoms with E-state index < -0.39 is 9.84 Å². The van der Waals surface area contributed by atoms with E-state index in [2.05, 4.69) is 96.8 Å². The molecule has 0 saturated heterocycles. The molecule has 40 heavy (non-hydrogen) atoms. The second-order valence-corrected chi connectivity index (χ2v) is 11.9. The van der Waals surface area contributed by atoms with Crippen molar-refractivity contribution < 1.29 is 8.42 Å². The average molecular weight is 540 g/mol.